The summed E-state index contributed by atoms with van der Waals surface area (Å²) >= 11 is 1.59. The van der Waals surface area contributed by atoms with Gasteiger partial charge in [-0.05, 0) is 32.4 Å². The Morgan fingerprint density at radius 2 is 2.04 bits per heavy atom. The van der Waals surface area contributed by atoms with Gasteiger partial charge in [0.2, 0.25) is 5.91 Å². The second kappa shape index (κ2) is 8.80. The lowest BCUT2D eigenvalue weighted by atomic mass is 10.1. The first-order valence-corrected chi connectivity index (χ1v) is 9.05. The van der Waals surface area contributed by atoms with Gasteiger partial charge in [-0.1, -0.05) is 18.2 Å². The van der Waals surface area contributed by atoms with Gasteiger partial charge in [-0.2, -0.15) is 0 Å². The summed E-state index contributed by atoms with van der Waals surface area (Å²) in [6, 6.07) is 10.2. The van der Waals surface area contributed by atoms with Gasteiger partial charge in [0.05, 0.1) is 12.1 Å². The Balaban J connectivity index is 1.63. The molecule has 1 aromatic heterocycles. The number of carbonyl (C=O) groups is 1. The van der Waals surface area contributed by atoms with E-state index in [1.54, 1.807) is 17.5 Å². The number of hydrogen-bond acceptors (Lipinski definition) is 5. The minimum absolute atomic E-state index is 0.0157. The molecule has 0 radical (unpaired) electrons. The summed E-state index contributed by atoms with van der Waals surface area (Å²) in [5.74, 6) is 0.0157. The fraction of sp³-hybridized carbons (Fsp3) is 0.444. The number of para-hydroxylation sites is 1. The lowest BCUT2D eigenvalue weighted by molar-refractivity contribution is -0.120. The van der Waals surface area contributed by atoms with E-state index >= 15 is 0 Å². The van der Waals surface area contributed by atoms with Crippen LogP contribution in [0.5, 0.6) is 0 Å². The molecule has 0 saturated carbocycles. The highest BCUT2D eigenvalue weighted by atomic mass is 32.1. The summed E-state index contributed by atoms with van der Waals surface area (Å²) in [6.45, 7) is 5.95. The summed E-state index contributed by atoms with van der Waals surface area (Å²) in [6.07, 6.45) is 2.69. The van der Waals surface area contributed by atoms with Crippen molar-refractivity contribution in [2.45, 2.75) is 25.8 Å². The van der Waals surface area contributed by atoms with Crippen LogP contribution in [0.4, 0.5) is 5.69 Å². The highest BCUT2D eigenvalue weighted by Gasteiger charge is 2.23. The number of benzene rings is 1. The maximum absolute atomic E-state index is 12.0. The van der Waals surface area contributed by atoms with Crippen LogP contribution in [0.3, 0.4) is 0 Å². The van der Waals surface area contributed by atoms with Gasteiger partial charge in [0.15, 0.2) is 0 Å². The first-order valence-electron chi connectivity index (χ1n) is 8.17. The lowest BCUT2D eigenvalue weighted by Gasteiger charge is -2.23. The highest BCUT2D eigenvalue weighted by Crippen LogP contribution is 2.21. The largest absolute Gasteiger partial charge is 0.375 e. The molecule has 1 heterocycles. The van der Waals surface area contributed by atoms with E-state index in [1.165, 1.54) is 5.69 Å². The van der Waals surface area contributed by atoms with Crippen LogP contribution in [0.15, 0.2) is 41.9 Å². The molecule has 0 saturated heterocycles. The molecule has 6 heteroatoms. The Hall–Kier alpha value is -1.92. The number of thiazole rings is 1. The Kier molecular flexibility index (Phi) is 6.75. The van der Waals surface area contributed by atoms with E-state index in [0.29, 0.717) is 13.1 Å². The maximum Gasteiger partial charge on any atom is 0.233 e. The second-order valence-corrected chi connectivity index (χ2v) is 7.17. The highest BCUT2D eigenvalue weighted by molar-refractivity contribution is 7.09. The van der Waals surface area contributed by atoms with E-state index in [2.05, 4.69) is 39.7 Å². The molecule has 2 aromatic rings. The Bertz CT molecular complexity index is 613. The van der Waals surface area contributed by atoms with Crippen molar-refractivity contribution < 1.29 is 4.79 Å². The zero-order chi connectivity index (χ0) is 17.4. The molecule has 2 rings (SSSR count). The molecule has 0 aliphatic heterocycles. The van der Waals surface area contributed by atoms with Crippen molar-refractivity contribution in [2.75, 3.05) is 31.6 Å². The molecular formula is C18H26N4OS. The molecule has 130 valence electrons. The summed E-state index contributed by atoms with van der Waals surface area (Å²) in [5.41, 5.74) is 0.898. The molecule has 2 N–H and O–H groups in total. The van der Waals surface area contributed by atoms with Crippen LogP contribution in [0, 0.1) is 0 Å². The van der Waals surface area contributed by atoms with Gasteiger partial charge in [0, 0.05) is 37.4 Å². The summed E-state index contributed by atoms with van der Waals surface area (Å²) in [4.78, 5) is 18.5. The minimum atomic E-state index is -0.293. The molecule has 0 unspecified atom stereocenters. The number of anilines is 1. The molecule has 0 atom stereocenters. The standard InChI is InChI=1S/C18H26N4OS/c1-18(2,17-20-11-13-24-17)21-14-16(23)19-10-7-12-22(3)15-8-5-4-6-9-15/h4-6,8-9,11,13,21H,7,10,12,14H2,1-3H3,(H,19,23). The number of nitrogens with zero attached hydrogens (tertiary/aromatic N) is 2. The topological polar surface area (TPSA) is 57.3 Å². The third-order valence-corrected chi connectivity index (χ3v) is 4.94. The first kappa shape index (κ1) is 18.4. The second-order valence-electron chi connectivity index (χ2n) is 6.28. The molecule has 24 heavy (non-hydrogen) atoms. The third-order valence-electron chi connectivity index (χ3n) is 3.85. The van der Waals surface area contributed by atoms with Crippen LogP contribution in [0.25, 0.3) is 0 Å². The van der Waals surface area contributed by atoms with Crippen molar-refractivity contribution in [3.63, 3.8) is 0 Å². The van der Waals surface area contributed by atoms with Crippen LogP contribution in [0.1, 0.15) is 25.3 Å². The van der Waals surface area contributed by atoms with Crippen molar-refractivity contribution in [1.29, 1.82) is 0 Å². The lowest BCUT2D eigenvalue weighted by Crippen LogP contribution is -2.43. The zero-order valence-electron chi connectivity index (χ0n) is 14.6. The maximum atomic E-state index is 12.0. The van der Waals surface area contributed by atoms with Gasteiger partial charge >= 0.3 is 0 Å². The van der Waals surface area contributed by atoms with Gasteiger partial charge in [0.25, 0.3) is 0 Å². The van der Waals surface area contributed by atoms with Crippen molar-refractivity contribution in [1.82, 2.24) is 15.6 Å². The van der Waals surface area contributed by atoms with Crippen LogP contribution in [-0.4, -0.2) is 37.6 Å². The summed E-state index contributed by atoms with van der Waals surface area (Å²) < 4.78 is 0. The van der Waals surface area contributed by atoms with Crippen molar-refractivity contribution >= 4 is 22.9 Å². The summed E-state index contributed by atoms with van der Waals surface area (Å²) in [7, 11) is 2.06. The van der Waals surface area contributed by atoms with Crippen molar-refractivity contribution in [3.05, 3.63) is 46.9 Å². The molecule has 1 amide bonds. The van der Waals surface area contributed by atoms with Gasteiger partial charge in [-0.15, -0.1) is 11.3 Å². The molecule has 0 aliphatic carbocycles. The predicted octanol–water partition coefficient (Wildman–Crippen LogP) is 2.61. The van der Waals surface area contributed by atoms with Crippen LogP contribution < -0.4 is 15.5 Å². The first-order chi connectivity index (χ1) is 11.5. The number of amides is 1. The monoisotopic (exact) mass is 346 g/mol. The van der Waals surface area contributed by atoms with Crippen LogP contribution >= 0.6 is 11.3 Å². The van der Waals surface area contributed by atoms with Gasteiger partial charge in [0.1, 0.15) is 5.01 Å². The van der Waals surface area contributed by atoms with Crippen LogP contribution in [-0.2, 0) is 10.3 Å². The molecule has 5 nitrogen and oxygen atoms in total. The van der Waals surface area contributed by atoms with E-state index in [-0.39, 0.29) is 11.4 Å². The Morgan fingerprint density at radius 3 is 2.71 bits per heavy atom. The number of carbonyl (C=O) groups excluding carboxylic acids is 1. The van der Waals surface area contributed by atoms with E-state index in [4.69, 9.17) is 0 Å². The average Bonchev–Trinajstić information content (AvgIpc) is 3.13. The zero-order valence-corrected chi connectivity index (χ0v) is 15.4. The van der Waals surface area contributed by atoms with Gasteiger partial charge in [-0.25, -0.2) is 4.98 Å². The van der Waals surface area contributed by atoms with E-state index in [0.717, 1.165) is 18.0 Å². The molecule has 0 aliphatic rings. The number of hydrogen-bond donors (Lipinski definition) is 2. The van der Waals surface area contributed by atoms with Gasteiger partial charge in [-0.3, -0.25) is 10.1 Å². The minimum Gasteiger partial charge on any atom is -0.375 e. The smallest absolute Gasteiger partial charge is 0.233 e. The Labute approximate surface area is 148 Å². The molecule has 0 bridgehead atoms. The fourth-order valence-corrected chi connectivity index (χ4v) is 3.07. The number of nitrogens with one attached hydrogen (secondary N) is 2. The normalized spacial score (nSPS) is 11.3. The van der Waals surface area contributed by atoms with E-state index in [9.17, 15) is 4.79 Å². The predicted molar refractivity (Wildman–Crippen MR) is 100 cm³/mol. The van der Waals surface area contributed by atoms with E-state index < -0.39 is 0 Å². The molecule has 0 spiro atoms. The van der Waals surface area contributed by atoms with Gasteiger partial charge < -0.3 is 10.2 Å². The van der Waals surface area contributed by atoms with Crippen molar-refractivity contribution in [2.24, 2.45) is 0 Å². The van der Waals surface area contributed by atoms with Crippen LogP contribution in [0.2, 0.25) is 0 Å². The van der Waals surface area contributed by atoms with E-state index in [1.807, 2.05) is 37.4 Å². The number of aromatic nitrogens is 1. The quantitative estimate of drug-likeness (QED) is 0.685. The third kappa shape index (κ3) is 5.62. The fourth-order valence-electron chi connectivity index (χ4n) is 2.33. The number of rotatable bonds is 9. The Morgan fingerprint density at radius 1 is 1.29 bits per heavy atom. The molecule has 1 aromatic carbocycles. The molecular weight excluding hydrogens is 320 g/mol. The molecule has 0 fully saturated rings. The van der Waals surface area contributed by atoms with Crippen molar-refractivity contribution in [3.8, 4) is 0 Å². The SMILES string of the molecule is CN(CCCNC(=O)CNC(C)(C)c1nccs1)c1ccccc1. The average molecular weight is 347 g/mol. The summed E-state index contributed by atoms with van der Waals surface area (Å²) in [5, 5.41) is 9.16.